The van der Waals surface area contributed by atoms with Crippen LogP contribution in [0.4, 0.5) is 8.78 Å². The Hall–Kier alpha value is -2.58. The molecule has 0 spiro atoms. The SMILES string of the molecule is CC(=O)OCCCCCC[C@H]1CC2=C(C3=C(CC(C)F)C=C3)[C@H](c3ccc(F)cc3Cl)N=C(C3NC=CS3)N2C1. The minimum absolute atomic E-state index is 0.0189. The quantitative estimate of drug-likeness (QED) is 0.200. The van der Waals surface area contributed by atoms with Crippen molar-refractivity contribution >= 4 is 35.2 Å². The van der Waals surface area contributed by atoms with Gasteiger partial charge in [0.15, 0.2) is 0 Å². The number of thioether (sulfide) groups is 1. The Morgan fingerprint density at radius 1 is 1.27 bits per heavy atom. The maximum Gasteiger partial charge on any atom is 0.302 e. The number of hydrogen-bond acceptors (Lipinski definition) is 6. The van der Waals surface area contributed by atoms with Crippen LogP contribution in [0, 0.1) is 11.7 Å². The zero-order chi connectivity index (χ0) is 28.2. The summed E-state index contributed by atoms with van der Waals surface area (Å²) in [5.74, 6) is 0.798. The molecule has 5 nitrogen and oxygen atoms in total. The number of allylic oxidation sites excluding steroid dienone is 4. The van der Waals surface area contributed by atoms with Crippen LogP contribution in [-0.2, 0) is 9.53 Å². The van der Waals surface area contributed by atoms with E-state index in [1.165, 1.54) is 24.8 Å². The maximum atomic E-state index is 14.1. The molecule has 3 heterocycles. The number of unbranched alkanes of at least 4 members (excludes halogenated alkanes) is 3. The van der Waals surface area contributed by atoms with E-state index in [0.29, 0.717) is 24.0 Å². The molecule has 5 rings (SSSR count). The summed E-state index contributed by atoms with van der Waals surface area (Å²) in [5, 5.41) is 5.78. The second-order valence-electron chi connectivity index (χ2n) is 10.9. The predicted molar refractivity (Wildman–Crippen MR) is 158 cm³/mol. The molecule has 1 saturated heterocycles. The molecular formula is C31H36ClF2N3O2S. The van der Waals surface area contributed by atoms with E-state index in [9.17, 15) is 13.6 Å². The molecule has 214 valence electrons. The number of carbonyl (C=O) groups excluding carboxylic acids is 1. The fourth-order valence-corrected chi connectivity index (χ4v) is 6.99. The van der Waals surface area contributed by atoms with Crippen LogP contribution in [0.15, 0.2) is 69.4 Å². The summed E-state index contributed by atoms with van der Waals surface area (Å²) < 4.78 is 33.2. The zero-order valence-electron chi connectivity index (χ0n) is 23.0. The van der Waals surface area contributed by atoms with Gasteiger partial charge in [-0.05, 0) is 66.4 Å². The van der Waals surface area contributed by atoms with Crippen molar-refractivity contribution in [1.82, 2.24) is 10.2 Å². The van der Waals surface area contributed by atoms with Crippen molar-refractivity contribution in [2.45, 2.75) is 76.4 Å². The fraction of sp³-hybridized carbons (Fsp3) is 0.484. The average Bonchev–Trinajstić information content (AvgIpc) is 3.57. The highest BCUT2D eigenvalue weighted by molar-refractivity contribution is 8.03. The number of aliphatic imine (C=N–C) groups is 1. The van der Waals surface area contributed by atoms with Crippen LogP contribution in [0.2, 0.25) is 5.02 Å². The number of fused-ring (bicyclic) bond motifs is 1. The van der Waals surface area contributed by atoms with Crippen molar-refractivity contribution in [3.05, 3.63) is 80.8 Å². The molecule has 9 heteroatoms. The molecule has 40 heavy (non-hydrogen) atoms. The highest BCUT2D eigenvalue weighted by Crippen LogP contribution is 2.49. The van der Waals surface area contributed by atoms with Crippen LogP contribution in [0.3, 0.4) is 0 Å². The van der Waals surface area contributed by atoms with Gasteiger partial charge in [-0.1, -0.05) is 60.8 Å². The number of nitrogens with zero attached hydrogens (tertiary/aromatic N) is 2. The normalized spacial score (nSPS) is 24.2. The molecule has 3 aliphatic heterocycles. The van der Waals surface area contributed by atoms with Crippen molar-refractivity contribution in [1.29, 1.82) is 0 Å². The lowest BCUT2D eigenvalue weighted by Gasteiger charge is -2.37. The van der Waals surface area contributed by atoms with E-state index in [1.54, 1.807) is 24.8 Å². The van der Waals surface area contributed by atoms with E-state index in [4.69, 9.17) is 21.3 Å². The molecule has 4 atom stereocenters. The minimum Gasteiger partial charge on any atom is -0.466 e. The first-order valence-corrected chi connectivity index (χ1v) is 15.4. The van der Waals surface area contributed by atoms with Gasteiger partial charge in [0, 0.05) is 42.4 Å². The summed E-state index contributed by atoms with van der Waals surface area (Å²) in [6.45, 7) is 4.38. The van der Waals surface area contributed by atoms with E-state index >= 15 is 0 Å². The summed E-state index contributed by atoms with van der Waals surface area (Å²) in [7, 11) is 0. The molecule has 0 bridgehead atoms. The van der Waals surface area contributed by atoms with Crippen LogP contribution in [-0.4, -0.2) is 41.4 Å². The lowest BCUT2D eigenvalue weighted by molar-refractivity contribution is -0.141. The summed E-state index contributed by atoms with van der Waals surface area (Å²) in [4.78, 5) is 18.6. The van der Waals surface area contributed by atoms with Gasteiger partial charge in [0.2, 0.25) is 0 Å². The topological polar surface area (TPSA) is 53.9 Å². The molecule has 0 amide bonds. The van der Waals surface area contributed by atoms with Gasteiger partial charge in [0.1, 0.15) is 29.2 Å². The van der Waals surface area contributed by atoms with Crippen molar-refractivity contribution in [2.24, 2.45) is 10.9 Å². The summed E-state index contributed by atoms with van der Waals surface area (Å²) in [5.41, 5.74) is 5.07. The Kier molecular flexibility index (Phi) is 9.36. The smallest absolute Gasteiger partial charge is 0.302 e. The number of halogens is 3. The zero-order valence-corrected chi connectivity index (χ0v) is 24.5. The van der Waals surface area contributed by atoms with E-state index < -0.39 is 12.2 Å². The van der Waals surface area contributed by atoms with Gasteiger partial charge in [0.05, 0.1) is 6.61 Å². The number of nitrogens with one attached hydrogen (secondary N) is 1. The summed E-state index contributed by atoms with van der Waals surface area (Å²) >= 11 is 8.31. The second-order valence-corrected chi connectivity index (χ2v) is 12.3. The standard InChI is InChI=1S/C31H36ClF2N3O2S/c1-19(33)15-22-8-10-24(22)28-27-16-21(7-5-3-4-6-13-39-20(2)38)18-37(27)30(31-35-12-14-40-31)36-29(28)25-11-9-23(34)17-26(25)32/h8-12,14,17,19,21,29,31,35H,3-7,13,15-16,18H2,1-2H3/t19?,21-,29-,31?/m0/s1. The average molecular weight is 588 g/mol. The number of benzene rings is 1. The van der Waals surface area contributed by atoms with E-state index in [0.717, 1.165) is 73.2 Å². The van der Waals surface area contributed by atoms with Crippen LogP contribution in [0.5, 0.6) is 0 Å². The molecule has 1 fully saturated rings. The summed E-state index contributed by atoms with van der Waals surface area (Å²) in [6, 6.07) is 4.11. The molecule has 1 aromatic carbocycles. The number of ether oxygens (including phenoxy) is 1. The predicted octanol–water partition coefficient (Wildman–Crippen LogP) is 7.77. The third-order valence-corrected chi connectivity index (χ3v) is 9.03. The number of amidine groups is 1. The molecule has 1 aromatic rings. The maximum absolute atomic E-state index is 14.1. The van der Waals surface area contributed by atoms with Gasteiger partial charge in [-0.3, -0.25) is 9.79 Å². The molecule has 1 aliphatic carbocycles. The molecule has 0 radical (unpaired) electrons. The summed E-state index contributed by atoms with van der Waals surface area (Å²) in [6.07, 6.45) is 11.5. The van der Waals surface area contributed by atoms with Crippen molar-refractivity contribution in [3.8, 4) is 0 Å². The van der Waals surface area contributed by atoms with Crippen molar-refractivity contribution in [2.75, 3.05) is 13.2 Å². The Balaban J connectivity index is 1.44. The third-order valence-electron chi connectivity index (χ3n) is 7.79. The van der Waals surface area contributed by atoms with Gasteiger partial charge in [-0.15, -0.1) is 0 Å². The first kappa shape index (κ1) is 28.9. The Bertz CT molecular complexity index is 1280. The molecule has 0 aromatic heterocycles. The lowest BCUT2D eigenvalue weighted by atomic mass is 9.80. The van der Waals surface area contributed by atoms with Gasteiger partial charge < -0.3 is 15.0 Å². The second kappa shape index (κ2) is 12.9. The van der Waals surface area contributed by atoms with Crippen LogP contribution >= 0.6 is 23.4 Å². The third kappa shape index (κ3) is 6.49. The number of hydrogen-bond donors (Lipinski definition) is 1. The number of esters is 1. The van der Waals surface area contributed by atoms with E-state index in [2.05, 4.69) is 16.3 Å². The fourth-order valence-electron chi connectivity index (χ4n) is 5.93. The van der Waals surface area contributed by atoms with Crippen molar-refractivity contribution < 1.29 is 18.3 Å². The first-order chi connectivity index (χ1) is 19.3. The minimum atomic E-state index is -0.950. The molecule has 1 N–H and O–H groups in total. The van der Waals surface area contributed by atoms with Gasteiger partial charge in [-0.25, -0.2) is 8.78 Å². The molecular weight excluding hydrogens is 552 g/mol. The van der Waals surface area contributed by atoms with Gasteiger partial charge in [-0.2, -0.15) is 0 Å². The largest absolute Gasteiger partial charge is 0.466 e. The van der Waals surface area contributed by atoms with Gasteiger partial charge in [0.25, 0.3) is 0 Å². The highest BCUT2D eigenvalue weighted by atomic mass is 35.5. The lowest BCUT2D eigenvalue weighted by Crippen LogP contribution is -2.43. The highest BCUT2D eigenvalue weighted by Gasteiger charge is 2.42. The van der Waals surface area contributed by atoms with Crippen LogP contribution in [0.25, 0.3) is 0 Å². The molecule has 0 saturated carbocycles. The van der Waals surface area contributed by atoms with E-state index in [1.807, 2.05) is 17.7 Å². The number of carbonyl (C=O) groups is 1. The Morgan fingerprint density at radius 3 is 2.77 bits per heavy atom. The molecule has 4 aliphatic rings. The number of rotatable bonds is 12. The monoisotopic (exact) mass is 587 g/mol. The van der Waals surface area contributed by atoms with Crippen LogP contribution < -0.4 is 5.32 Å². The van der Waals surface area contributed by atoms with Crippen molar-refractivity contribution in [3.63, 3.8) is 0 Å². The van der Waals surface area contributed by atoms with Crippen LogP contribution in [0.1, 0.15) is 70.4 Å². The number of alkyl halides is 1. The Labute approximate surface area is 244 Å². The first-order valence-electron chi connectivity index (χ1n) is 14.1. The van der Waals surface area contributed by atoms with Gasteiger partial charge >= 0.3 is 5.97 Å². The molecule has 2 unspecified atom stereocenters. The van der Waals surface area contributed by atoms with E-state index in [-0.39, 0.29) is 17.2 Å². The Morgan fingerprint density at radius 2 is 2.10 bits per heavy atom.